The minimum absolute atomic E-state index is 0.0838. The maximum absolute atomic E-state index is 14.1. The van der Waals surface area contributed by atoms with E-state index >= 15 is 0 Å². The van der Waals surface area contributed by atoms with Crippen molar-refractivity contribution in [2.45, 2.75) is 6.92 Å². The van der Waals surface area contributed by atoms with Crippen LogP contribution in [0.1, 0.15) is 27.8 Å². The number of hydrogen-bond donors (Lipinski definition) is 3. The van der Waals surface area contributed by atoms with Crippen molar-refractivity contribution in [2.75, 3.05) is 18.5 Å². The Hall–Kier alpha value is -1.94. The van der Waals surface area contributed by atoms with Crippen LogP contribution in [0, 0.1) is 9.39 Å². The number of benzene rings is 1. The van der Waals surface area contributed by atoms with Crippen LogP contribution < -0.4 is 10.6 Å². The van der Waals surface area contributed by atoms with E-state index in [4.69, 9.17) is 5.11 Å². The molecule has 1 aromatic heterocycles. The number of anilines is 2. The Morgan fingerprint density at radius 3 is 2.62 bits per heavy atom. The summed E-state index contributed by atoms with van der Waals surface area (Å²) in [6.45, 7) is 1.27. The third-order valence-electron chi connectivity index (χ3n) is 3.42. The van der Waals surface area contributed by atoms with Crippen molar-refractivity contribution < 1.29 is 19.1 Å². The van der Waals surface area contributed by atoms with Gasteiger partial charge in [-0.1, -0.05) is 0 Å². The predicted octanol–water partition coefficient (Wildman–Crippen LogP) is 2.44. The summed E-state index contributed by atoms with van der Waals surface area (Å²) in [6, 6.07) is 6.10. The van der Waals surface area contributed by atoms with Crippen molar-refractivity contribution in [3.63, 3.8) is 0 Å². The molecule has 0 saturated heterocycles. The van der Waals surface area contributed by atoms with Crippen LogP contribution in [0.5, 0.6) is 0 Å². The third-order valence-corrected chi connectivity index (χ3v) is 4.09. The highest BCUT2D eigenvalue weighted by atomic mass is 127. The normalized spacial score (nSPS) is 10.5. The number of carbonyl (C=O) groups is 2. The fraction of sp³-hybridized carbons (Fsp3) is 0.250. The fourth-order valence-corrected chi connectivity index (χ4v) is 2.70. The van der Waals surface area contributed by atoms with Gasteiger partial charge in [0.2, 0.25) is 0 Å². The number of hydrogen-bond acceptors (Lipinski definition) is 4. The standard InChI is InChI=1S/C16H17FIN3O3/c1-9(23)14-8-11(16(24)19-5-6-22)15(21(14)2)20-13-4-3-10(18)7-12(13)17/h3-4,7-8,20,22H,5-6H2,1-2H3,(H,19,24). The van der Waals surface area contributed by atoms with Crippen LogP contribution in [0.2, 0.25) is 0 Å². The molecular weight excluding hydrogens is 428 g/mol. The first-order chi connectivity index (χ1) is 11.3. The molecule has 6 nitrogen and oxygen atoms in total. The van der Waals surface area contributed by atoms with E-state index in [2.05, 4.69) is 10.6 Å². The summed E-state index contributed by atoms with van der Waals surface area (Å²) >= 11 is 2.00. The zero-order valence-electron chi connectivity index (χ0n) is 13.2. The lowest BCUT2D eigenvalue weighted by Gasteiger charge is -2.12. The van der Waals surface area contributed by atoms with E-state index in [0.717, 1.165) is 3.57 Å². The Kier molecular flexibility index (Phi) is 5.94. The molecule has 0 aliphatic rings. The monoisotopic (exact) mass is 445 g/mol. The van der Waals surface area contributed by atoms with E-state index in [1.165, 1.54) is 23.6 Å². The molecule has 1 aromatic carbocycles. The molecule has 24 heavy (non-hydrogen) atoms. The van der Waals surface area contributed by atoms with Gasteiger partial charge >= 0.3 is 0 Å². The van der Waals surface area contributed by atoms with Crippen molar-refractivity contribution in [1.29, 1.82) is 0 Å². The Morgan fingerprint density at radius 1 is 1.33 bits per heavy atom. The molecule has 2 aromatic rings. The number of halogens is 2. The van der Waals surface area contributed by atoms with Gasteiger partial charge in [0.15, 0.2) is 5.78 Å². The zero-order valence-corrected chi connectivity index (χ0v) is 15.3. The molecule has 128 valence electrons. The summed E-state index contributed by atoms with van der Waals surface area (Å²) in [5.74, 6) is -0.838. The molecule has 3 N–H and O–H groups in total. The largest absolute Gasteiger partial charge is 0.395 e. The van der Waals surface area contributed by atoms with Gasteiger partial charge in [0.05, 0.1) is 23.6 Å². The van der Waals surface area contributed by atoms with Crippen LogP contribution in [0.3, 0.4) is 0 Å². The number of aromatic nitrogens is 1. The molecule has 0 radical (unpaired) electrons. The van der Waals surface area contributed by atoms with Crippen molar-refractivity contribution in [3.8, 4) is 0 Å². The molecular formula is C16H17FIN3O3. The van der Waals surface area contributed by atoms with Gasteiger partial charge in [0.1, 0.15) is 11.6 Å². The van der Waals surface area contributed by atoms with Gasteiger partial charge in [-0.3, -0.25) is 9.59 Å². The first-order valence-electron chi connectivity index (χ1n) is 7.17. The second-order valence-corrected chi connectivity index (χ2v) is 6.38. The molecule has 0 aliphatic carbocycles. The number of carbonyl (C=O) groups excluding carboxylic acids is 2. The molecule has 1 heterocycles. The number of nitrogens with one attached hydrogen (secondary N) is 2. The Labute approximate surface area is 152 Å². The van der Waals surface area contributed by atoms with Gasteiger partial charge in [0, 0.05) is 24.1 Å². The fourth-order valence-electron chi connectivity index (χ4n) is 2.25. The van der Waals surface area contributed by atoms with Crippen molar-refractivity contribution in [3.05, 3.63) is 44.9 Å². The van der Waals surface area contributed by atoms with E-state index in [1.54, 1.807) is 19.2 Å². The third kappa shape index (κ3) is 3.93. The molecule has 0 saturated carbocycles. The summed E-state index contributed by atoms with van der Waals surface area (Å²) in [6.07, 6.45) is 0. The van der Waals surface area contributed by atoms with Gasteiger partial charge in [-0.2, -0.15) is 0 Å². The van der Waals surface area contributed by atoms with E-state index in [0.29, 0.717) is 11.5 Å². The number of rotatable bonds is 6. The molecule has 0 atom stereocenters. The van der Waals surface area contributed by atoms with Gasteiger partial charge in [0.25, 0.3) is 5.91 Å². The highest BCUT2D eigenvalue weighted by Gasteiger charge is 2.21. The number of Topliss-reactive ketones (excluding diaryl/α,β-unsaturated/α-hetero) is 1. The lowest BCUT2D eigenvalue weighted by atomic mass is 10.2. The lowest BCUT2D eigenvalue weighted by molar-refractivity contribution is 0.0945. The Balaban J connectivity index is 2.46. The quantitative estimate of drug-likeness (QED) is 0.472. The maximum Gasteiger partial charge on any atom is 0.255 e. The highest BCUT2D eigenvalue weighted by Crippen LogP contribution is 2.27. The number of ketones is 1. The summed E-state index contributed by atoms with van der Waals surface area (Å²) < 4.78 is 16.3. The van der Waals surface area contributed by atoms with Crippen molar-refractivity contribution in [2.24, 2.45) is 7.05 Å². The molecule has 0 spiro atoms. The molecule has 8 heteroatoms. The lowest BCUT2D eigenvalue weighted by Crippen LogP contribution is -2.26. The van der Waals surface area contributed by atoms with Crippen molar-refractivity contribution >= 4 is 45.8 Å². The average Bonchev–Trinajstić information content (AvgIpc) is 2.85. The Bertz CT molecular complexity index is 789. The first kappa shape index (κ1) is 18.4. The highest BCUT2D eigenvalue weighted by molar-refractivity contribution is 14.1. The van der Waals surface area contributed by atoms with Crippen LogP contribution in [0.15, 0.2) is 24.3 Å². The van der Waals surface area contributed by atoms with Crippen LogP contribution in [0.25, 0.3) is 0 Å². The second-order valence-electron chi connectivity index (χ2n) is 5.14. The van der Waals surface area contributed by atoms with Crippen LogP contribution >= 0.6 is 22.6 Å². The molecule has 0 aliphatic heterocycles. The minimum atomic E-state index is -0.464. The first-order valence-corrected chi connectivity index (χ1v) is 8.24. The van der Waals surface area contributed by atoms with Gasteiger partial charge in [-0.25, -0.2) is 4.39 Å². The van der Waals surface area contributed by atoms with Crippen LogP contribution in [0.4, 0.5) is 15.9 Å². The van der Waals surface area contributed by atoms with E-state index in [9.17, 15) is 14.0 Å². The second kappa shape index (κ2) is 7.75. The average molecular weight is 445 g/mol. The van der Waals surface area contributed by atoms with Gasteiger partial charge in [-0.05, 0) is 46.9 Å². The predicted molar refractivity (Wildman–Crippen MR) is 97.2 cm³/mol. The summed E-state index contributed by atoms with van der Waals surface area (Å²) in [5, 5.41) is 14.2. The summed E-state index contributed by atoms with van der Waals surface area (Å²) in [4.78, 5) is 24.0. The maximum atomic E-state index is 14.1. The molecule has 0 fully saturated rings. The van der Waals surface area contributed by atoms with E-state index in [1.807, 2.05) is 22.6 Å². The minimum Gasteiger partial charge on any atom is -0.395 e. The number of nitrogens with zero attached hydrogens (tertiary/aromatic N) is 1. The smallest absolute Gasteiger partial charge is 0.255 e. The number of amides is 1. The van der Waals surface area contributed by atoms with Crippen molar-refractivity contribution in [1.82, 2.24) is 9.88 Å². The Morgan fingerprint density at radius 2 is 2.04 bits per heavy atom. The van der Waals surface area contributed by atoms with Crippen LogP contribution in [-0.2, 0) is 7.05 Å². The van der Waals surface area contributed by atoms with Crippen LogP contribution in [-0.4, -0.2) is 34.5 Å². The van der Waals surface area contributed by atoms with Gasteiger partial charge in [-0.15, -0.1) is 0 Å². The summed E-state index contributed by atoms with van der Waals surface area (Å²) in [7, 11) is 1.62. The SMILES string of the molecule is CC(=O)c1cc(C(=O)NCCO)c(Nc2ccc(I)cc2F)n1C. The topological polar surface area (TPSA) is 83.4 Å². The van der Waals surface area contributed by atoms with E-state index < -0.39 is 11.7 Å². The molecule has 2 rings (SSSR count). The van der Waals surface area contributed by atoms with Gasteiger partial charge < -0.3 is 20.3 Å². The molecule has 0 bridgehead atoms. The molecule has 1 amide bonds. The summed E-state index contributed by atoms with van der Waals surface area (Å²) in [5.41, 5.74) is 0.717. The zero-order chi connectivity index (χ0) is 17.9. The number of aliphatic hydroxyl groups is 1. The number of aliphatic hydroxyl groups excluding tert-OH is 1. The van der Waals surface area contributed by atoms with E-state index in [-0.39, 0.29) is 30.2 Å². The molecule has 0 unspecified atom stereocenters.